The van der Waals surface area contributed by atoms with Gasteiger partial charge in [0.2, 0.25) is 0 Å². The highest BCUT2D eigenvalue weighted by Crippen LogP contribution is 2.50. The molecule has 0 unspecified atom stereocenters. The summed E-state index contributed by atoms with van der Waals surface area (Å²) in [6.45, 7) is 0.867. The van der Waals surface area contributed by atoms with Gasteiger partial charge in [0.1, 0.15) is 5.33 Å². The third-order valence-electron chi connectivity index (χ3n) is 2.04. The lowest BCUT2D eigenvalue weighted by molar-refractivity contribution is 0.825. The lowest BCUT2D eigenvalue weighted by Crippen LogP contribution is -2.14. The summed E-state index contributed by atoms with van der Waals surface area (Å²) in [6.07, 6.45) is 3.83. The number of imidazole rings is 1. The van der Waals surface area contributed by atoms with Gasteiger partial charge in [0.25, 0.3) is 0 Å². The van der Waals surface area contributed by atoms with Crippen molar-refractivity contribution in [2.75, 3.05) is 0 Å². The molecule has 15 heavy (non-hydrogen) atoms. The van der Waals surface area contributed by atoms with Crippen molar-refractivity contribution in [1.82, 2.24) is 9.55 Å². The fourth-order valence-electron chi connectivity index (χ4n) is 1.37. The van der Waals surface area contributed by atoms with Gasteiger partial charge in [0.05, 0.1) is 0 Å². The zero-order chi connectivity index (χ0) is 10.7. The Morgan fingerprint density at radius 2 is 1.93 bits per heavy atom. The molecule has 1 aromatic carbocycles. The van der Waals surface area contributed by atoms with E-state index >= 15 is 0 Å². The van der Waals surface area contributed by atoms with Crippen LogP contribution in [0.15, 0.2) is 42.7 Å². The minimum absolute atomic E-state index is 0.499. The molecule has 0 saturated carbocycles. The van der Waals surface area contributed by atoms with E-state index in [0.29, 0.717) is 0 Å². The van der Waals surface area contributed by atoms with E-state index in [9.17, 15) is 0 Å². The van der Waals surface area contributed by atoms with Gasteiger partial charge in [-0.05, 0) is 36.5 Å². The van der Waals surface area contributed by atoms with Gasteiger partial charge in [-0.3, -0.25) is 0 Å². The topological polar surface area (TPSA) is 17.8 Å². The number of hydrogen-bond acceptors (Lipinski definition) is 1. The van der Waals surface area contributed by atoms with E-state index in [4.69, 9.17) is 0 Å². The van der Waals surface area contributed by atoms with Gasteiger partial charge < -0.3 is 4.57 Å². The predicted octanol–water partition coefficient (Wildman–Crippen LogP) is 3.66. The molecular weight excluding hydrogens is 339 g/mol. The van der Waals surface area contributed by atoms with Crippen LogP contribution in [0.4, 0.5) is 0 Å². The third-order valence-corrected chi connectivity index (χ3v) is 4.62. The lowest BCUT2D eigenvalue weighted by atomic mass is 10.2. The average Bonchev–Trinajstić information content (AvgIpc) is 2.67. The maximum atomic E-state index is 4.31. The van der Waals surface area contributed by atoms with Crippen molar-refractivity contribution in [3.8, 4) is 0 Å². The molecule has 0 fully saturated rings. The summed E-state index contributed by atoms with van der Waals surface area (Å²) in [5.74, 6) is 0. The first-order valence-corrected chi connectivity index (χ1v) is 9.82. The molecule has 0 spiro atoms. The predicted molar refractivity (Wildman–Crippen MR) is 72.2 cm³/mol. The Morgan fingerprint density at radius 3 is 2.60 bits per heavy atom. The molecule has 0 aliphatic carbocycles. The van der Waals surface area contributed by atoms with Gasteiger partial charge in [0.15, 0.2) is 5.57 Å². The van der Waals surface area contributed by atoms with Crippen LogP contribution in [-0.4, -0.2) is 9.55 Å². The van der Waals surface area contributed by atoms with Crippen LogP contribution in [0, 0.1) is 0 Å². The first-order chi connectivity index (χ1) is 7.27. The highest BCUT2D eigenvalue weighted by molar-refractivity contribution is 9.70. The Bertz CT molecular complexity index is 428. The summed E-state index contributed by atoms with van der Waals surface area (Å²) >= 11 is 7.05. The van der Waals surface area contributed by atoms with E-state index < -0.39 is 5.33 Å². The van der Waals surface area contributed by atoms with Crippen LogP contribution < -0.4 is 5.57 Å². The Morgan fingerprint density at radius 1 is 1.20 bits per heavy atom. The zero-order valence-electron chi connectivity index (χ0n) is 7.85. The molecular formula is C10H9Br2N2P. The maximum absolute atomic E-state index is 4.31. The van der Waals surface area contributed by atoms with Gasteiger partial charge in [-0.25, -0.2) is 4.98 Å². The van der Waals surface area contributed by atoms with E-state index in [0.717, 1.165) is 12.1 Å². The minimum Gasteiger partial charge on any atom is -0.325 e. The summed E-state index contributed by atoms with van der Waals surface area (Å²) in [7, 11) is 0. The normalized spacial score (nSPS) is 10.9. The monoisotopic (exact) mass is 346 g/mol. The molecule has 78 valence electrons. The van der Waals surface area contributed by atoms with Gasteiger partial charge >= 0.3 is 0 Å². The summed E-state index contributed by atoms with van der Waals surface area (Å²) < 4.78 is 2.14. The largest absolute Gasteiger partial charge is 0.325 e. The molecule has 0 atom stereocenters. The molecule has 0 saturated heterocycles. The second-order valence-corrected chi connectivity index (χ2v) is 11.1. The Hall–Kier alpha value is -0.180. The molecule has 0 N–H and O–H groups in total. The van der Waals surface area contributed by atoms with Gasteiger partial charge in [0, 0.05) is 18.9 Å². The summed E-state index contributed by atoms with van der Waals surface area (Å²) in [5, 5.41) is -0.499. The molecule has 0 amide bonds. The fraction of sp³-hybridized carbons (Fsp3) is 0.100. The van der Waals surface area contributed by atoms with E-state index in [1.165, 1.54) is 5.56 Å². The zero-order valence-corrected chi connectivity index (χ0v) is 11.9. The minimum atomic E-state index is -0.499. The van der Waals surface area contributed by atoms with Crippen LogP contribution in [0.5, 0.6) is 0 Å². The summed E-state index contributed by atoms with van der Waals surface area (Å²) in [6, 6.07) is 10.4. The number of halogens is 2. The van der Waals surface area contributed by atoms with Crippen molar-refractivity contribution in [2.45, 2.75) is 6.54 Å². The van der Waals surface area contributed by atoms with E-state index in [1.807, 2.05) is 18.5 Å². The van der Waals surface area contributed by atoms with Crippen molar-refractivity contribution in [3.63, 3.8) is 0 Å². The van der Waals surface area contributed by atoms with Gasteiger partial charge in [-0.2, -0.15) is 0 Å². The fourth-order valence-corrected chi connectivity index (χ4v) is 3.62. The van der Waals surface area contributed by atoms with Crippen molar-refractivity contribution in [1.29, 1.82) is 0 Å². The number of rotatable bonds is 3. The SMILES string of the molecule is BrP(Br)c1nccn1Cc1ccccc1. The number of benzene rings is 1. The maximum Gasteiger partial charge on any atom is 0.154 e. The van der Waals surface area contributed by atoms with Crippen molar-refractivity contribution < 1.29 is 0 Å². The Balaban J connectivity index is 2.21. The van der Waals surface area contributed by atoms with Crippen molar-refractivity contribution in [2.24, 2.45) is 0 Å². The van der Waals surface area contributed by atoms with Gasteiger partial charge in [-0.15, -0.1) is 0 Å². The first-order valence-electron chi connectivity index (χ1n) is 4.44. The second-order valence-electron chi connectivity index (χ2n) is 3.07. The summed E-state index contributed by atoms with van der Waals surface area (Å²) in [4.78, 5) is 4.31. The van der Waals surface area contributed by atoms with Crippen LogP contribution in [0.2, 0.25) is 0 Å². The standard InChI is InChI=1S/C10H9Br2N2P/c11-15(12)10-13-6-7-14(10)8-9-4-2-1-3-5-9/h1-7H,8H2. The van der Waals surface area contributed by atoms with E-state index in [1.54, 1.807) is 0 Å². The van der Waals surface area contributed by atoms with Crippen LogP contribution in [0.1, 0.15) is 5.56 Å². The molecule has 0 radical (unpaired) electrons. The molecule has 2 nitrogen and oxygen atoms in total. The quantitative estimate of drug-likeness (QED) is 0.775. The average molecular weight is 348 g/mol. The van der Waals surface area contributed by atoms with Crippen LogP contribution in [-0.2, 0) is 6.54 Å². The highest BCUT2D eigenvalue weighted by atomic mass is 79.9. The van der Waals surface area contributed by atoms with Gasteiger partial charge in [-0.1, -0.05) is 30.3 Å². The Kier molecular flexibility index (Phi) is 3.95. The second kappa shape index (κ2) is 5.24. The molecule has 5 heteroatoms. The molecule has 0 aliphatic rings. The summed E-state index contributed by atoms with van der Waals surface area (Å²) in [5.41, 5.74) is 2.34. The molecule has 0 bridgehead atoms. The first kappa shape index (κ1) is 11.3. The smallest absolute Gasteiger partial charge is 0.154 e. The van der Waals surface area contributed by atoms with E-state index in [-0.39, 0.29) is 0 Å². The van der Waals surface area contributed by atoms with Crippen molar-refractivity contribution >= 4 is 41.9 Å². The molecule has 1 heterocycles. The van der Waals surface area contributed by atoms with Crippen LogP contribution in [0.25, 0.3) is 0 Å². The third kappa shape index (κ3) is 2.90. The van der Waals surface area contributed by atoms with E-state index in [2.05, 4.69) is 64.8 Å². The number of nitrogens with zero attached hydrogens (tertiary/aromatic N) is 2. The number of aromatic nitrogens is 2. The van der Waals surface area contributed by atoms with Crippen LogP contribution >= 0.6 is 36.3 Å². The molecule has 2 aromatic rings. The lowest BCUT2D eigenvalue weighted by Gasteiger charge is -2.07. The number of hydrogen-bond donors (Lipinski definition) is 0. The van der Waals surface area contributed by atoms with Crippen LogP contribution in [0.3, 0.4) is 0 Å². The molecule has 2 rings (SSSR count). The molecule has 0 aliphatic heterocycles. The van der Waals surface area contributed by atoms with Crippen molar-refractivity contribution in [3.05, 3.63) is 48.3 Å². The Labute approximate surface area is 106 Å². The molecule has 1 aromatic heterocycles. The highest BCUT2D eigenvalue weighted by Gasteiger charge is 2.09.